The Bertz CT molecular complexity index is 498. The second kappa shape index (κ2) is 5.69. The lowest BCUT2D eigenvalue weighted by Crippen LogP contribution is -2.13. The molecule has 92 valence electrons. The summed E-state index contributed by atoms with van der Waals surface area (Å²) in [4.78, 5) is 0.332. The largest absolute Gasteiger partial charge is 0.384 e. The van der Waals surface area contributed by atoms with Crippen molar-refractivity contribution < 1.29 is 8.42 Å². The summed E-state index contributed by atoms with van der Waals surface area (Å²) in [7, 11) is -3.20. The van der Waals surface area contributed by atoms with Crippen LogP contribution in [0.4, 0.5) is 5.69 Å². The number of anilines is 1. The molecule has 1 aromatic rings. The molecule has 0 heterocycles. The summed E-state index contributed by atoms with van der Waals surface area (Å²) < 4.78 is 23.7. The SMILES string of the molecule is CC(C)S(=O)(=O)c1ccc(NCCC#N)cc1. The van der Waals surface area contributed by atoms with E-state index in [1.54, 1.807) is 38.1 Å². The van der Waals surface area contributed by atoms with Gasteiger partial charge in [0.2, 0.25) is 0 Å². The van der Waals surface area contributed by atoms with Crippen LogP contribution in [0.2, 0.25) is 0 Å². The highest BCUT2D eigenvalue weighted by Gasteiger charge is 2.18. The van der Waals surface area contributed by atoms with Crippen molar-refractivity contribution >= 4 is 15.5 Å². The molecule has 0 aliphatic carbocycles. The van der Waals surface area contributed by atoms with Gasteiger partial charge in [-0.1, -0.05) is 0 Å². The van der Waals surface area contributed by atoms with Gasteiger partial charge in [-0.05, 0) is 38.1 Å². The van der Waals surface area contributed by atoms with Gasteiger partial charge in [0.1, 0.15) is 0 Å². The van der Waals surface area contributed by atoms with Crippen molar-refractivity contribution in [3.8, 4) is 6.07 Å². The Morgan fingerprint density at radius 2 is 1.88 bits per heavy atom. The molecule has 0 fully saturated rings. The summed E-state index contributed by atoms with van der Waals surface area (Å²) in [6, 6.07) is 8.63. The topological polar surface area (TPSA) is 70.0 Å². The zero-order valence-corrected chi connectivity index (χ0v) is 10.8. The summed E-state index contributed by atoms with van der Waals surface area (Å²) >= 11 is 0. The van der Waals surface area contributed by atoms with Gasteiger partial charge in [-0.3, -0.25) is 0 Å². The fourth-order valence-electron chi connectivity index (χ4n) is 1.30. The molecule has 0 unspecified atom stereocenters. The minimum absolute atomic E-state index is 0.332. The quantitative estimate of drug-likeness (QED) is 0.815. The first-order valence-corrected chi connectivity index (χ1v) is 6.98. The van der Waals surface area contributed by atoms with Gasteiger partial charge in [0.15, 0.2) is 9.84 Å². The highest BCUT2D eigenvalue weighted by Crippen LogP contribution is 2.18. The Balaban J connectivity index is 2.79. The van der Waals surface area contributed by atoms with Crippen LogP contribution in [-0.4, -0.2) is 20.2 Å². The second-order valence-corrected chi connectivity index (χ2v) is 6.46. The zero-order chi connectivity index (χ0) is 12.9. The van der Waals surface area contributed by atoms with E-state index >= 15 is 0 Å². The molecule has 0 aliphatic rings. The Morgan fingerprint density at radius 3 is 2.35 bits per heavy atom. The molecule has 17 heavy (non-hydrogen) atoms. The van der Waals surface area contributed by atoms with Crippen LogP contribution in [0.1, 0.15) is 20.3 Å². The molecule has 4 nitrogen and oxygen atoms in total. The molecule has 0 bridgehead atoms. The molecule has 0 saturated heterocycles. The first kappa shape index (κ1) is 13.5. The number of hydrogen-bond acceptors (Lipinski definition) is 4. The Morgan fingerprint density at radius 1 is 1.29 bits per heavy atom. The number of rotatable bonds is 5. The average molecular weight is 252 g/mol. The molecule has 0 saturated carbocycles. The third-order valence-electron chi connectivity index (χ3n) is 2.37. The second-order valence-electron chi connectivity index (χ2n) is 3.95. The maximum Gasteiger partial charge on any atom is 0.180 e. The Hall–Kier alpha value is -1.54. The van der Waals surface area contributed by atoms with Crippen molar-refractivity contribution in [3.05, 3.63) is 24.3 Å². The highest BCUT2D eigenvalue weighted by molar-refractivity contribution is 7.92. The molecule has 0 amide bonds. The fraction of sp³-hybridized carbons (Fsp3) is 0.417. The van der Waals surface area contributed by atoms with Crippen molar-refractivity contribution in [2.24, 2.45) is 0 Å². The molecular formula is C12H16N2O2S. The Labute approximate surface area is 102 Å². The summed E-state index contributed by atoms with van der Waals surface area (Å²) in [5.74, 6) is 0. The van der Waals surface area contributed by atoms with Gasteiger partial charge in [0.25, 0.3) is 0 Å². The third-order valence-corrected chi connectivity index (χ3v) is 4.54. The van der Waals surface area contributed by atoms with Crippen molar-refractivity contribution in [3.63, 3.8) is 0 Å². The van der Waals surface area contributed by atoms with Gasteiger partial charge >= 0.3 is 0 Å². The van der Waals surface area contributed by atoms with Gasteiger partial charge in [0.05, 0.1) is 22.6 Å². The van der Waals surface area contributed by atoms with Gasteiger partial charge in [-0.25, -0.2) is 8.42 Å². The van der Waals surface area contributed by atoms with Crippen molar-refractivity contribution in [2.45, 2.75) is 30.4 Å². The van der Waals surface area contributed by atoms with E-state index in [9.17, 15) is 8.42 Å². The maximum absolute atomic E-state index is 11.8. The fourth-order valence-corrected chi connectivity index (χ4v) is 2.36. The van der Waals surface area contributed by atoms with E-state index in [0.717, 1.165) is 5.69 Å². The summed E-state index contributed by atoms with van der Waals surface area (Å²) in [5.41, 5.74) is 0.822. The number of nitriles is 1. The standard InChI is InChI=1S/C12H16N2O2S/c1-10(2)17(15,16)12-6-4-11(5-7-12)14-9-3-8-13/h4-7,10,14H,3,9H2,1-2H3. The molecule has 1 N–H and O–H groups in total. The molecule has 0 aromatic heterocycles. The van der Waals surface area contributed by atoms with E-state index in [0.29, 0.717) is 17.9 Å². The number of nitrogens with one attached hydrogen (secondary N) is 1. The predicted molar refractivity (Wildman–Crippen MR) is 67.5 cm³/mol. The number of sulfone groups is 1. The van der Waals surface area contributed by atoms with E-state index in [1.807, 2.05) is 6.07 Å². The number of nitrogens with zero attached hydrogens (tertiary/aromatic N) is 1. The lowest BCUT2D eigenvalue weighted by atomic mass is 10.3. The lowest BCUT2D eigenvalue weighted by Gasteiger charge is -2.09. The monoisotopic (exact) mass is 252 g/mol. The van der Waals surface area contributed by atoms with Crippen molar-refractivity contribution in [1.82, 2.24) is 0 Å². The van der Waals surface area contributed by atoms with E-state index in [-0.39, 0.29) is 0 Å². The summed E-state index contributed by atoms with van der Waals surface area (Å²) in [5, 5.41) is 11.0. The molecule has 1 rings (SSSR count). The van der Waals surface area contributed by atoms with E-state index in [4.69, 9.17) is 5.26 Å². The van der Waals surface area contributed by atoms with Crippen LogP contribution in [0.5, 0.6) is 0 Å². The molecule has 1 aromatic carbocycles. The third kappa shape index (κ3) is 3.46. The minimum atomic E-state index is -3.20. The molecule has 0 radical (unpaired) electrons. The van der Waals surface area contributed by atoms with E-state index in [2.05, 4.69) is 5.32 Å². The Kier molecular flexibility index (Phi) is 4.53. The number of benzene rings is 1. The summed E-state index contributed by atoms with van der Waals surface area (Å²) in [6.45, 7) is 3.88. The van der Waals surface area contributed by atoms with Crippen LogP contribution in [0.25, 0.3) is 0 Å². The minimum Gasteiger partial charge on any atom is -0.384 e. The predicted octanol–water partition coefficient (Wildman–Crippen LogP) is 2.19. The highest BCUT2D eigenvalue weighted by atomic mass is 32.2. The molecular weight excluding hydrogens is 236 g/mol. The van der Waals surface area contributed by atoms with Crippen LogP contribution in [-0.2, 0) is 9.84 Å². The van der Waals surface area contributed by atoms with Gasteiger partial charge in [-0.2, -0.15) is 5.26 Å². The van der Waals surface area contributed by atoms with Crippen molar-refractivity contribution in [1.29, 1.82) is 5.26 Å². The molecule has 5 heteroatoms. The molecule has 0 spiro atoms. The first-order chi connectivity index (χ1) is 7.98. The first-order valence-electron chi connectivity index (χ1n) is 5.43. The average Bonchev–Trinajstić information content (AvgIpc) is 2.30. The number of hydrogen-bond donors (Lipinski definition) is 1. The maximum atomic E-state index is 11.8. The van der Waals surface area contributed by atoms with Gasteiger partial charge in [0, 0.05) is 12.2 Å². The van der Waals surface area contributed by atoms with Gasteiger partial charge in [-0.15, -0.1) is 0 Å². The smallest absolute Gasteiger partial charge is 0.180 e. The van der Waals surface area contributed by atoms with Crippen LogP contribution in [0.15, 0.2) is 29.2 Å². The van der Waals surface area contributed by atoms with Crippen molar-refractivity contribution in [2.75, 3.05) is 11.9 Å². The van der Waals surface area contributed by atoms with Crippen LogP contribution in [0, 0.1) is 11.3 Å². The van der Waals surface area contributed by atoms with Gasteiger partial charge < -0.3 is 5.32 Å². The van der Waals surface area contributed by atoms with E-state index in [1.165, 1.54) is 0 Å². The summed E-state index contributed by atoms with van der Waals surface area (Å²) in [6.07, 6.45) is 0.423. The van der Waals surface area contributed by atoms with Crippen LogP contribution >= 0.6 is 0 Å². The zero-order valence-electron chi connectivity index (χ0n) is 9.97. The normalized spacial score (nSPS) is 11.2. The van der Waals surface area contributed by atoms with E-state index < -0.39 is 15.1 Å². The molecule has 0 aliphatic heterocycles. The molecule has 0 atom stereocenters. The van der Waals surface area contributed by atoms with Crippen LogP contribution < -0.4 is 5.32 Å². The lowest BCUT2D eigenvalue weighted by molar-refractivity contribution is 0.587. The van der Waals surface area contributed by atoms with Crippen LogP contribution in [0.3, 0.4) is 0 Å².